The van der Waals surface area contributed by atoms with Crippen molar-refractivity contribution in [2.45, 2.75) is 50.4 Å². The third kappa shape index (κ3) is 10.4. The first-order valence-electron chi connectivity index (χ1n) is 7.41. The Morgan fingerprint density at radius 3 is 1.48 bits per heavy atom. The number of carboxylic acids is 4. The van der Waals surface area contributed by atoms with E-state index in [1.165, 1.54) is 0 Å². The van der Waals surface area contributed by atoms with Crippen molar-refractivity contribution in [3.8, 4) is 0 Å². The number of rotatable bonds is 13. The van der Waals surface area contributed by atoms with Crippen LogP contribution in [0.4, 0.5) is 0 Å². The summed E-state index contributed by atoms with van der Waals surface area (Å²) >= 11 is 0. The molecule has 0 saturated carbocycles. The second-order valence-corrected chi connectivity index (χ2v) is 5.17. The number of ether oxygens (including phenoxy) is 2. The van der Waals surface area contributed by atoms with E-state index in [4.69, 9.17) is 20.4 Å². The lowest BCUT2D eigenvalue weighted by atomic mass is 10.2. The van der Waals surface area contributed by atoms with Crippen molar-refractivity contribution >= 4 is 35.8 Å². The Labute approximate surface area is 151 Å². The van der Waals surface area contributed by atoms with Crippen LogP contribution in [0.2, 0.25) is 0 Å². The minimum atomic E-state index is -2.20. The zero-order valence-corrected chi connectivity index (χ0v) is 13.8. The number of carbonyl (C=O) groups is 6. The van der Waals surface area contributed by atoms with Gasteiger partial charge in [-0.15, -0.1) is 0 Å². The molecule has 0 fully saturated rings. The maximum Gasteiger partial charge on any atom is 0.345 e. The Bertz CT molecular complexity index is 596. The van der Waals surface area contributed by atoms with Crippen LogP contribution < -0.4 is 0 Å². The number of aliphatic carboxylic acids is 4. The van der Waals surface area contributed by atoms with Gasteiger partial charge in [0.05, 0.1) is 6.42 Å². The van der Waals surface area contributed by atoms with E-state index in [0.29, 0.717) is 0 Å². The fourth-order valence-electron chi connectivity index (χ4n) is 1.64. The fraction of sp³-hybridized carbons (Fsp3) is 0.571. The van der Waals surface area contributed by atoms with E-state index in [2.05, 4.69) is 9.47 Å². The molecule has 0 aliphatic rings. The highest BCUT2D eigenvalue weighted by molar-refractivity contribution is 5.85. The lowest BCUT2D eigenvalue weighted by molar-refractivity contribution is -0.175. The summed E-state index contributed by atoms with van der Waals surface area (Å²) in [5, 5.41) is 44.2. The maximum absolute atomic E-state index is 11.6. The van der Waals surface area contributed by atoms with Gasteiger partial charge in [0.2, 0.25) is 0 Å². The molecule has 3 unspecified atom stereocenters. The molecule has 0 aromatic carbocycles. The van der Waals surface area contributed by atoms with Crippen LogP contribution >= 0.6 is 0 Å². The van der Waals surface area contributed by atoms with Crippen molar-refractivity contribution in [3.63, 3.8) is 0 Å². The number of hydrogen-bond acceptors (Lipinski definition) is 9. The van der Waals surface area contributed by atoms with Crippen LogP contribution in [-0.4, -0.2) is 79.7 Å². The van der Waals surface area contributed by atoms with Crippen molar-refractivity contribution in [2.75, 3.05) is 0 Å². The molecule has 0 rings (SSSR count). The summed E-state index contributed by atoms with van der Waals surface area (Å²) in [7, 11) is 0. The van der Waals surface area contributed by atoms with Gasteiger partial charge in [0.1, 0.15) is 0 Å². The van der Waals surface area contributed by atoms with Crippen LogP contribution in [0.5, 0.6) is 0 Å². The minimum absolute atomic E-state index is 0.548. The van der Waals surface area contributed by atoms with Crippen LogP contribution in [-0.2, 0) is 38.2 Å². The summed E-state index contributed by atoms with van der Waals surface area (Å²) in [4.78, 5) is 65.7. The quantitative estimate of drug-likeness (QED) is 0.224. The second kappa shape index (κ2) is 11.4. The topological polar surface area (TPSA) is 222 Å². The molecule has 152 valence electrons. The Morgan fingerprint density at radius 1 is 0.704 bits per heavy atom. The molecule has 0 bridgehead atoms. The molecular weight excluding hydrogens is 376 g/mol. The third-order valence-electron chi connectivity index (χ3n) is 2.96. The molecule has 3 atom stereocenters. The van der Waals surface area contributed by atoms with Crippen LogP contribution in [0.15, 0.2) is 0 Å². The van der Waals surface area contributed by atoms with Crippen molar-refractivity contribution in [1.29, 1.82) is 0 Å². The number of carboxylic acid groups (broad SMARTS) is 4. The van der Waals surface area contributed by atoms with Crippen molar-refractivity contribution in [2.24, 2.45) is 0 Å². The summed E-state index contributed by atoms with van der Waals surface area (Å²) in [6, 6.07) is 0. The Kier molecular flexibility index (Phi) is 10.0. The van der Waals surface area contributed by atoms with Gasteiger partial charge in [-0.1, -0.05) is 0 Å². The Morgan fingerprint density at radius 2 is 1.11 bits per heavy atom. The summed E-state index contributed by atoms with van der Waals surface area (Å²) in [5.41, 5.74) is 0. The lowest BCUT2D eigenvalue weighted by Crippen LogP contribution is -2.35. The van der Waals surface area contributed by atoms with E-state index in [1.54, 1.807) is 0 Å². The van der Waals surface area contributed by atoms with Gasteiger partial charge in [-0.05, 0) is 0 Å². The number of esters is 2. The van der Waals surface area contributed by atoms with Gasteiger partial charge in [-0.25, -0.2) is 14.4 Å². The summed E-state index contributed by atoms with van der Waals surface area (Å²) in [6.07, 6.45) is -9.35. The molecule has 5 N–H and O–H groups in total. The van der Waals surface area contributed by atoms with Crippen LogP contribution in [0.25, 0.3) is 0 Å². The summed E-state index contributed by atoms with van der Waals surface area (Å²) < 4.78 is 8.85. The second-order valence-electron chi connectivity index (χ2n) is 5.17. The molecule has 27 heavy (non-hydrogen) atoms. The number of hydrogen-bond donors (Lipinski definition) is 5. The van der Waals surface area contributed by atoms with E-state index in [9.17, 15) is 33.9 Å². The summed E-state index contributed by atoms with van der Waals surface area (Å²) in [6.45, 7) is 0. The molecule has 13 nitrogen and oxygen atoms in total. The van der Waals surface area contributed by atoms with Gasteiger partial charge in [-0.3, -0.25) is 14.4 Å². The third-order valence-corrected chi connectivity index (χ3v) is 2.96. The van der Waals surface area contributed by atoms with Gasteiger partial charge >= 0.3 is 35.8 Å². The molecule has 0 aliphatic carbocycles. The fourth-order valence-corrected chi connectivity index (χ4v) is 1.64. The predicted molar refractivity (Wildman–Crippen MR) is 79.4 cm³/mol. The first-order valence-corrected chi connectivity index (χ1v) is 7.41. The molecular formula is C14H18O13. The van der Waals surface area contributed by atoms with E-state index in [1.807, 2.05) is 0 Å². The van der Waals surface area contributed by atoms with Gasteiger partial charge in [-0.2, -0.15) is 0 Å². The number of aliphatic hydroxyl groups excluding tert-OH is 1. The monoisotopic (exact) mass is 394 g/mol. The molecule has 0 spiro atoms. The first kappa shape index (κ1) is 23.8. The Balaban J connectivity index is 4.67. The van der Waals surface area contributed by atoms with Crippen molar-refractivity contribution < 1.29 is 63.8 Å². The summed E-state index contributed by atoms with van der Waals surface area (Å²) in [5.74, 6) is -8.90. The van der Waals surface area contributed by atoms with E-state index in [-0.39, 0.29) is 0 Å². The lowest BCUT2D eigenvalue weighted by Gasteiger charge is -2.17. The molecule has 0 aromatic rings. The van der Waals surface area contributed by atoms with Crippen LogP contribution in [0.1, 0.15) is 32.1 Å². The molecule has 0 radical (unpaired) electrons. The molecule has 0 aromatic heterocycles. The highest BCUT2D eigenvalue weighted by Gasteiger charge is 2.30. The maximum atomic E-state index is 11.6. The standard InChI is InChI=1S/C14H18O13/c15-6(14(25)27-8(13(23)24)2-4-10(18)19)5-11(20)26-7(12(21)22)1-3-9(16)17/h6-8,15H,1-5H2,(H,16,17)(H,18,19)(H,21,22)(H,23,24). The highest BCUT2D eigenvalue weighted by Crippen LogP contribution is 2.10. The van der Waals surface area contributed by atoms with Crippen molar-refractivity contribution in [1.82, 2.24) is 0 Å². The average Bonchev–Trinajstić information content (AvgIpc) is 2.53. The van der Waals surface area contributed by atoms with Crippen molar-refractivity contribution in [3.05, 3.63) is 0 Å². The zero-order valence-electron chi connectivity index (χ0n) is 13.8. The van der Waals surface area contributed by atoms with Crippen LogP contribution in [0.3, 0.4) is 0 Å². The molecule has 0 amide bonds. The van der Waals surface area contributed by atoms with E-state index in [0.717, 1.165) is 0 Å². The van der Waals surface area contributed by atoms with Gasteiger partial charge in [0, 0.05) is 25.7 Å². The SMILES string of the molecule is O=C(O)CCC(OC(=O)CC(O)C(=O)OC(CCC(=O)O)C(=O)O)C(=O)O. The molecule has 0 aliphatic heterocycles. The normalized spacial score (nSPS) is 13.7. The van der Waals surface area contributed by atoms with Gasteiger partial charge in [0.15, 0.2) is 18.3 Å². The van der Waals surface area contributed by atoms with E-state index < -0.39 is 86.2 Å². The van der Waals surface area contributed by atoms with Crippen LogP contribution in [0, 0.1) is 0 Å². The molecule has 0 heterocycles. The van der Waals surface area contributed by atoms with Gasteiger partial charge in [0.25, 0.3) is 0 Å². The zero-order chi connectivity index (χ0) is 21.1. The number of carbonyl (C=O) groups excluding carboxylic acids is 2. The molecule has 13 heteroatoms. The highest BCUT2D eigenvalue weighted by atomic mass is 16.6. The average molecular weight is 394 g/mol. The minimum Gasteiger partial charge on any atom is -0.481 e. The number of aliphatic hydroxyl groups is 1. The Hall–Kier alpha value is -3.22. The smallest absolute Gasteiger partial charge is 0.345 e. The van der Waals surface area contributed by atoms with Gasteiger partial charge < -0.3 is 35.0 Å². The predicted octanol–water partition coefficient (Wildman–Crippen LogP) is -1.54. The molecule has 0 saturated heterocycles. The largest absolute Gasteiger partial charge is 0.481 e. The first-order chi connectivity index (χ1) is 12.4. The van der Waals surface area contributed by atoms with E-state index >= 15 is 0 Å².